The molecule has 0 fully saturated rings. The number of anilines is 1. The van der Waals surface area contributed by atoms with Gasteiger partial charge in [-0.3, -0.25) is 15.5 Å². The van der Waals surface area contributed by atoms with Crippen LogP contribution in [0.1, 0.15) is 11.1 Å². The molecular formula is C18H15BrF3N3O6. The van der Waals surface area contributed by atoms with Gasteiger partial charge in [0, 0.05) is 6.07 Å². The second kappa shape index (κ2) is 10.1. The number of rotatable bonds is 8. The van der Waals surface area contributed by atoms with Gasteiger partial charge in [0.1, 0.15) is 5.69 Å². The van der Waals surface area contributed by atoms with Crippen LogP contribution in [0.4, 0.5) is 24.5 Å². The first-order valence-electron chi connectivity index (χ1n) is 8.28. The zero-order valence-corrected chi connectivity index (χ0v) is 17.6. The molecule has 0 radical (unpaired) electrons. The molecule has 0 saturated carbocycles. The lowest BCUT2D eigenvalue weighted by molar-refractivity contribution is -0.384. The van der Waals surface area contributed by atoms with Gasteiger partial charge in [0.25, 0.3) is 5.69 Å². The molecule has 0 aliphatic rings. The Morgan fingerprint density at radius 3 is 2.58 bits per heavy atom. The fraction of sp³-hybridized carbons (Fsp3) is 0.222. The molecule has 2 aromatic rings. The minimum atomic E-state index is -4.72. The maximum Gasteiger partial charge on any atom is 0.416 e. The van der Waals surface area contributed by atoms with Crippen LogP contribution in [-0.2, 0) is 15.7 Å². The predicted molar refractivity (Wildman–Crippen MR) is 108 cm³/mol. The fourth-order valence-electron chi connectivity index (χ4n) is 2.27. The van der Waals surface area contributed by atoms with Gasteiger partial charge in [-0.15, -0.1) is 0 Å². The van der Waals surface area contributed by atoms with E-state index in [9.17, 15) is 28.1 Å². The van der Waals surface area contributed by atoms with Crippen molar-refractivity contribution in [1.29, 1.82) is 0 Å². The number of methoxy groups -OCH3 is 2. The molecule has 2 aromatic carbocycles. The molecule has 9 nitrogen and oxygen atoms in total. The van der Waals surface area contributed by atoms with Crippen molar-refractivity contribution in [1.82, 2.24) is 0 Å². The van der Waals surface area contributed by atoms with Crippen molar-refractivity contribution in [2.75, 3.05) is 26.3 Å². The van der Waals surface area contributed by atoms with Crippen molar-refractivity contribution in [2.24, 2.45) is 5.10 Å². The lowest BCUT2D eigenvalue weighted by Crippen LogP contribution is -2.13. The van der Waals surface area contributed by atoms with Crippen LogP contribution in [0, 0.1) is 10.1 Å². The molecule has 0 aliphatic heterocycles. The summed E-state index contributed by atoms with van der Waals surface area (Å²) in [5, 5.41) is 14.9. The van der Waals surface area contributed by atoms with Crippen LogP contribution in [0.5, 0.6) is 11.5 Å². The normalized spacial score (nSPS) is 11.3. The molecule has 0 aliphatic carbocycles. The number of nitrogens with zero attached hydrogens (tertiary/aromatic N) is 2. The molecule has 1 N–H and O–H groups in total. The van der Waals surface area contributed by atoms with E-state index in [-0.39, 0.29) is 23.8 Å². The number of hydrazone groups is 1. The van der Waals surface area contributed by atoms with E-state index in [1.165, 1.54) is 26.5 Å². The van der Waals surface area contributed by atoms with Crippen molar-refractivity contribution in [2.45, 2.75) is 6.18 Å². The fourth-order valence-corrected chi connectivity index (χ4v) is 2.85. The summed E-state index contributed by atoms with van der Waals surface area (Å²) in [7, 11) is 2.59. The van der Waals surface area contributed by atoms with E-state index in [0.717, 1.165) is 6.07 Å². The summed E-state index contributed by atoms with van der Waals surface area (Å²) in [6.45, 7) is -0.349. The molecule has 0 saturated heterocycles. The van der Waals surface area contributed by atoms with Gasteiger partial charge in [0.2, 0.25) is 0 Å². The van der Waals surface area contributed by atoms with Crippen molar-refractivity contribution in [3.05, 3.63) is 56.0 Å². The highest BCUT2D eigenvalue weighted by Gasteiger charge is 2.33. The van der Waals surface area contributed by atoms with Gasteiger partial charge >= 0.3 is 12.1 Å². The number of benzene rings is 2. The van der Waals surface area contributed by atoms with Gasteiger partial charge < -0.3 is 14.2 Å². The van der Waals surface area contributed by atoms with E-state index in [2.05, 4.69) is 31.2 Å². The van der Waals surface area contributed by atoms with Crippen LogP contribution in [0.2, 0.25) is 0 Å². The molecule has 0 spiro atoms. The first-order chi connectivity index (χ1) is 14.6. The van der Waals surface area contributed by atoms with Gasteiger partial charge in [-0.25, -0.2) is 4.79 Å². The third-order valence-corrected chi connectivity index (χ3v) is 4.32. The van der Waals surface area contributed by atoms with Crippen molar-refractivity contribution in [3.8, 4) is 11.5 Å². The molecule has 2 rings (SSSR count). The van der Waals surface area contributed by atoms with E-state index < -0.39 is 28.3 Å². The van der Waals surface area contributed by atoms with Crippen LogP contribution in [0.15, 0.2) is 39.9 Å². The first kappa shape index (κ1) is 23.9. The van der Waals surface area contributed by atoms with E-state index >= 15 is 0 Å². The smallest absolute Gasteiger partial charge is 0.416 e. The zero-order chi connectivity index (χ0) is 23.2. The van der Waals surface area contributed by atoms with Gasteiger partial charge in [0.15, 0.2) is 18.1 Å². The van der Waals surface area contributed by atoms with Gasteiger partial charge in [-0.2, -0.15) is 18.3 Å². The van der Waals surface area contributed by atoms with Crippen LogP contribution < -0.4 is 14.9 Å². The number of ether oxygens (including phenoxy) is 3. The first-order valence-corrected chi connectivity index (χ1v) is 9.08. The number of hydrogen-bond acceptors (Lipinski definition) is 8. The van der Waals surface area contributed by atoms with Crippen LogP contribution in [0.25, 0.3) is 0 Å². The topological polar surface area (TPSA) is 112 Å². The van der Waals surface area contributed by atoms with Crippen LogP contribution >= 0.6 is 15.9 Å². The Balaban J connectivity index is 2.23. The summed E-state index contributed by atoms with van der Waals surface area (Å²) in [6, 6.07) is 5.10. The Bertz CT molecular complexity index is 1010. The largest absolute Gasteiger partial charge is 0.493 e. The monoisotopic (exact) mass is 505 g/mol. The number of carbonyl (C=O) groups excluding carboxylic acids is 1. The minimum absolute atomic E-state index is 0.224. The molecule has 0 aromatic heterocycles. The Labute approximate surface area is 182 Å². The predicted octanol–water partition coefficient (Wildman–Crippen LogP) is 4.38. The third-order valence-electron chi connectivity index (χ3n) is 3.73. The number of nitro benzene ring substituents is 1. The molecule has 13 heteroatoms. The summed E-state index contributed by atoms with van der Waals surface area (Å²) in [5.74, 6) is -0.112. The Kier molecular flexibility index (Phi) is 7.80. The Morgan fingerprint density at radius 2 is 2.00 bits per heavy atom. The van der Waals surface area contributed by atoms with Crippen LogP contribution in [-0.4, -0.2) is 37.9 Å². The second-order valence-electron chi connectivity index (χ2n) is 5.76. The summed E-state index contributed by atoms with van der Waals surface area (Å²) in [5.41, 5.74) is 0.655. The molecule has 0 atom stereocenters. The summed E-state index contributed by atoms with van der Waals surface area (Å²) in [6.07, 6.45) is -3.45. The summed E-state index contributed by atoms with van der Waals surface area (Å²) < 4.78 is 53.8. The number of nitro groups is 1. The maximum absolute atomic E-state index is 12.8. The summed E-state index contributed by atoms with van der Waals surface area (Å²) >= 11 is 3.27. The van der Waals surface area contributed by atoms with E-state index in [1.807, 2.05) is 0 Å². The minimum Gasteiger partial charge on any atom is -0.493 e. The molecule has 0 unspecified atom stereocenters. The third kappa shape index (κ3) is 6.31. The van der Waals surface area contributed by atoms with Crippen LogP contribution in [0.3, 0.4) is 0 Å². The molecule has 0 bridgehead atoms. The van der Waals surface area contributed by atoms with Gasteiger partial charge in [0.05, 0.1) is 35.4 Å². The highest BCUT2D eigenvalue weighted by Crippen LogP contribution is 2.37. The number of esters is 1. The summed E-state index contributed by atoms with van der Waals surface area (Å²) in [4.78, 5) is 21.4. The Hall–Kier alpha value is -3.35. The molecule has 31 heavy (non-hydrogen) atoms. The highest BCUT2D eigenvalue weighted by atomic mass is 79.9. The average Bonchev–Trinajstić information content (AvgIpc) is 2.71. The standard InChI is InChI=1S/C18H15BrF3N3O6/c1-29-15-6-10(5-12(19)17(15)31-9-16(26)30-2)8-23-24-13-4-3-11(18(20,21)22)7-14(13)25(27)28/h3-8,24H,9H2,1-2H3/b23-8-. The number of nitrogens with one attached hydrogen (secondary N) is 1. The van der Waals surface area contributed by atoms with Crippen molar-refractivity contribution < 1.29 is 37.1 Å². The van der Waals surface area contributed by atoms with Gasteiger partial charge in [-0.05, 0) is 45.8 Å². The van der Waals surface area contributed by atoms with E-state index in [4.69, 9.17) is 9.47 Å². The Morgan fingerprint density at radius 1 is 1.29 bits per heavy atom. The maximum atomic E-state index is 12.8. The quantitative estimate of drug-likeness (QED) is 0.245. The highest BCUT2D eigenvalue weighted by molar-refractivity contribution is 9.10. The number of alkyl halides is 3. The number of hydrogen-bond donors (Lipinski definition) is 1. The SMILES string of the molecule is COC(=O)COc1c(Br)cc(/C=N\Nc2ccc(C(F)(F)F)cc2[N+](=O)[O-])cc1OC. The van der Waals surface area contributed by atoms with E-state index in [0.29, 0.717) is 22.2 Å². The van der Waals surface area contributed by atoms with Crippen molar-refractivity contribution in [3.63, 3.8) is 0 Å². The molecule has 0 heterocycles. The lowest BCUT2D eigenvalue weighted by Gasteiger charge is -2.12. The molecule has 166 valence electrons. The zero-order valence-electron chi connectivity index (χ0n) is 16.0. The van der Waals surface area contributed by atoms with Gasteiger partial charge in [-0.1, -0.05) is 0 Å². The number of halogens is 4. The second-order valence-corrected chi connectivity index (χ2v) is 6.61. The average molecular weight is 506 g/mol. The molecular weight excluding hydrogens is 491 g/mol. The van der Waals surface area contributed by atoms with E-state index in [1.54, 1.807) is 6.07 Å². The lowest BCUT2D eigenvalue weighted by atomic mass is 10.1. The molecule has 0 amide bonds. The van der Waals surface area contributed by atoms with Crippen molar-refractivity contribution >= 4 is 39.5 Å². The number of carbonyl (C=O) groups is 1.